The molecule has 0 aromatic heterocycles. The molecule has 2 unspecified atom stereocenters. The molecule has 2 rings (SSSR count). The van der Waals surface area contributed by atoms with E-state index in [9.17, 15) is 0 Å². The van der Waals surface area contributed by atoms with Gasteiger partial charge in [-0.2, -0.15) is 0 Å². The predicted octanol–water partition coefficient (Wildman–Crippen LogP) is 2.54. The Balaban J connectivity index is 1.83. The fourth-order valence-electron chi connectivity index (χ4n) is 2.70. The van der Waals surface area contributed by atoms with Crippen molar-refractivity contribution in [2.45, 2.75) is 39.3 Å². The first-order chi connectivity index (χ1) is 10.2. The van der Waals surface area contributed by atoms with E-state index in [2.05, 4.69) is 24.1 Å². The van der Waals surface area contributed by atoms with Gasteiger partial charge in [0, 0.05) is 31.7 Å². The van der Waals surface area contributed by atoms with E-state index in [0.29, 0.717) is 25.3 Å². The van der Waals surface area contributed by atoms with Crippen LogP contribution in [0, 0.1) is 0 Å². The van der Waals surface area contributed by atoms with Gasteiger partial charge in [0.15, 0.2) is 11.5 Å². The van der Waals surface area contributed by atoms with Gasteiger partial charge in [0.2, 0.25) is 0 Å². The minimum atomic E-state index is 0.568. The second-order valence-corrected chi connectivity index (χ2v) is 5.59. The lowest BCUT2D eigenvalue weighted by molar-refractivity contribution is 0.116. The van der Waals surface area contributed by atoms with E-state index >= 15 is 0 Å². The molecular weight excluding hydrogens is 264 g/mol. The fourth-order valence-corrected chi connectivity index (χ4v) is 2.70. The average molecular weight is 292 g/mol. The summed E-state index contributed by atoms with van der Waals surface area (Å²) in [5.41, 5.74) is 0. The molecule has 1 heterocycles. The smallest absolute Gasteiger partial charge is 0.161 e. The molecule has 1 N–H and O–H groups in total. The van der Waals surface area contributed by atoms with Crippen LogP contribution >= 0.6 is 0 Å². The molecule has 118 valence electrons. The van der Waals surface area contributed by atoms with Crippen molar-refractivity contribution in [3.05, 3.63) is 24.3 Å². The first-order valence-electron chi connectivity index (χ1n) is 8.06. The van der Waals surface area contributed by atoms with Gasteiger partial charge in [-0.25, -0.2) is 0 Å². The third kappa shape index (κ3) is 4.61. The van der Waals surface area contributed by atoms with Crippen LogP contribution in [0.4, 0.5) is 0 Å². The van der Waals surface area contributed by atoms with E-state index < -0.39 is 0 Å². The van der Waals surface area contributed by atoms with Crippen LogP contribution in [-0.2, 0) is 0 Å². The normalized spacial score (nSPS) is 23.0. The molecule has 1 aromatic rings. The largest absolute Gasteiger partial charge is 0.490 e. The van der Waals surface area contributed by atoms with Crippen LogP contribution in [0.25, 0.3) is 0 Å². The van der Waals surface area contributed by atoms with Crippen molar-refractivity contribution in [3.8, 4) is 11.5 Å². The van der Waals surface area contributed by atoms with Crippen molar-refractivity contribution >= 4 is 0 Å². The number of nitrogens with zero attached hydrogens (tertiary/aromatic N) is 1. The average Bonchev–Trinajstić information content (AvgIpc) is 2.51. The standard InChI is InChI=1S/C17H28N2O2/c1-4-15-13-19(14(3)12-18-15)10-11-21-17-9-7-6-8-16(17)20-5-2/h6-9,14-15,18H,4-5,10-13H2,1-3H3. The minimum Gasteiger partial charge on any atom is -0.490 e. The third-order valence-electron chi connectivity index (χ3n) is 4.06. The summed E-state index contributed by atoms with van der Waals surface area (Å²) >= 11 is 0. The van der Waals surface area contributed by atoms with Gasteiger partial charge in [0.1, 0.15) is 6.61 Å². The molecule has 0 radical (unpaired) electrons. The molecule has 1 aromatic carbocycles. The summed E-state index contributed by atoms with van der Waals surface area (Å²) in [7, 11) is 0. The van der Waals surface area contributed by atoms with Crippen molar-refractivity contribution in [1.29, 1.82) is 0 Å². The highest BCUT2D eigenvalue weighted by Gasteiger charge is 2.23. The van der Waals surface area contributed by atoms with Crippen molar-refractivity contribution < 1.29 is 9.47 Å². The molecule has 4 heteroatoms. The Morgan fingerprint density at radius 1 is 1.19 bits per heavy atom. The second-order valence-electron chi connectivity index (χ2n) is 5.59. The summed E-state index contributed by atoms with van der Waals surface area (Å²) in [4.78, 5) is 2.51. The summed E-state index contributed by atoms with van der Waals surface area (Å²) in [5, 5.41) is 3.58. The molecule has 0 saturated carbocycles. The highest BCUT2D eigenvalue weighted by molar-refractivity contribution is 5.39. The Hall–Kier alpha value is -1.26. The molecule has 1 saturated heterocycles. The minimum absolute atomic E-state index is 0.568. The summed E-state index contributed by atoms with van der Waals surface area (Å²) in [6.45, 7) is 11.0. The summed E-state index contributed by atoms with van der Waals surface area (Å²) in [5.74, 6) is 1.67. The highest BCUT2D eigenvalue weighted by atomic mass is 16.5. The number of para-hydroxylation sites is 2. The lowest BCUT2D eigenvalue weighted by atomic mass is 10.1. The Morgan fingerprint density at radius 3 is 2.57 bits per heavy atom. The van der Waals surface area contributed by atoms with Crippen molar-refractivity contribution in [2.24, 2.45) is 0 Å². The lowest BCUT2D eigenvalue weighted by Crippen LogP contribution is -2.55. The number of rotatable bonds is 7. The maximum absolute atomic E-state index is 5.92. The van der Waals surface area contributed by atoms with Gasteiger partial charge in [0.05, 0.1) is 6.61 Å². The van der Waals surface area contributed by atoms with Gasteiger partial charge in [-0.15, -0.1) is 0 Å². The quantitative estimate of drug-likeness (QED) is 0.837. The second kappa shape index (κ2) is 8.25. The highest BCUT2D eigenvalue weighted by Crippen LogP contribution is 2.26. The number of nitrogens with one attached hydrogen (secondary N) is 1. The zero-order valence-electron chi connectivity index (χ0n) is 13.5. The molecule has 1 aliphatic rings. The van der Waals surface area contributed by atoms with Crippen LogP contribution in [-0.4, -0.2) is 49.8 Å². The van der Waals surface area contributed by atoms with Crippen molar-refractivity contribution in [3.63, 3.8) is 0 Å². The summed E-state index contributed by atoms with van der Waals surface area (Å²) < 4.78 is 11.5. The van der Waals surface area contributed by atoms with Gasteiger partial charge >= 0.3 is 0 Å². The number of ether oxygens (including phenoxy) is 2. The zero-order valence-corrected chi connectivity index (χ0v) is 13.5. The van der Waals surface area contributed by atoms with Crippen LogP contribution in [0.15, 0.2) is 24.3 Å². The summed E-state index contributed by atoms with van der Waals surface area (Å²) in [6.07, 6.45) is 1.18. The molecule has 4 nitrogen and oxygen atoms in total. The maximum atomic E-state index is 5.92. The Bertz CT molecular complexity index is 425. The monoisotopic (exact) mass is 292 g/mol. The molecule has 0 amide bonds. The van der Waals surface area contributed by atoms with Crippen molar-refractivity contribution in [2.75, 3.05) is 32.8 Å². The molecule has 21 heavy (non-hydrogen) atoms. The van der Waals surface area contributed by atoms with E-state index in [1.54, 1.807) is 0 Å². The Kier molecular flexibility index (Phi) is 6.33. The van der Waals surface area contributed by atoms with E-state index in [0.717, 1.165) is 31.1 Å². The third-order valence-corrected chi connectivity index (χ3v) is 4.06. The first kappa shape index (κ1) is 16.1. The van der Waals surface area contributed by atoms with Gasteiger partial charge in [0.25, 0.3) is 0 Å². The lowest BCUT2D eigenvalue weighted by Gasteiger charge is -2.38. The SMILES string of the molecule is CCOc1ccccc1OCCN1CC(CC)NCC1C. The van der Waals surface area contributed by atoms with E-state index in [1.165, 1.54) is 6.42 Å². The van der Waals surface area contributed by atoms with Gasteiger partial charge in [-0.1, -0.05) is 19.1 Å². The molecule has 2 atom stereocenters. The van der Waals surface area contributed by atoms with Gasteiger partial charge < -0.3 is 14.8 Å². The number of hydrogen-bond acceptors (Lipinski definition) is 4. The van der Waals surface area contributed by atoms with Gasteiger partial charge in [-0.3, -0.25) is 4.90 Å². The van der Waals surface area contributed by atoms with Crippen molar-refractivity contribution in [1.82, 2.24) is 10.2 Å². The van der Waals surface area contributed by atoms with E-state index in [4.69, 9.17) is 9.47 Å². The van der Waals surface area contributed by atoms with Crippen LogP contribution in [0.1, 0.15) is 27.2 Å². The van der Waals surface area contributed by atoms with Crippen LogP contribution in [0.3, 0.4) is 0 Å². The molecule has 1 fully saturated rings. The first-order valence-corrected chi connectivity index (χ1v) is 8.06. The molecule has 0 bridgehead atoms. The fraction of sp³-hybridized carbons (Fsp3) is 0.647. The Labute approximate surface area is 128 Å². The van der Waals surface area contributed by atoms with Crippen LogP contribution in [0.5, 0.6) is 11.5 Å². The number of hydrogen-bond donors (Lipinski definition) is 1. The summed E-state index contributed by atoms with van der Waals surface area (Å²) in [6, 6.07) is 9.07. The number of benzene rings is 1. The predicted molar refractivity (Wildman–Crippen MR) is 86.2 cm³/mol. The van der Waals surface area contributed by atoms with E-state index in [-0.39, 0.29) is 0 Å². The van der Waals surface area contributed by atoms with Crippen LogP contribution in [0.2, 0.25) is 0 Å². The Morgan fingerprint density at radius 2 is 1.90 bits per heavy atom. The van der Waals surface area contributed by atoms with Gasteiger partial charge in [-0.05, 0) is 32.4 Å². The number of piperazine rings is 1. The van der Waals surface area contributed by atoms with Crippen LogP contribution < -0.4 is 14.8 Å². The molecule has 1 aliphatic heterocycles. The zero-order chi connectivity index (χ0) is 15.1. The molecule has 0 spiro atoms. The van der Waals surface area contributed by atoms with E-state index in [1.807, 2.05) is 31.2 Å². The maximum Gasteiger partial charge on any atom is 0.161 e. The molecule has 0 aliphatic carbocycles. The topological polar surface area (TPSA) is 33.7 Å². The molecular formula is C17H28N2O2.